The first-order chi connectivity index (χ1) is 6.54. The molecule has 0 fully saturated rings. The van der Waals surface area contributed by atoms with Gasteiger partial charge in [0.05, 0.1) is 13.5 Å². The van der Waals surface area contributed by atoms with Gasteiger partial charge in [0.15, 0.2) is 0 Å². The SMILES string of the molecule is COC(=O)Cc1c(C)cc(I)cc1C. The highest BCUT2D eigenvalue weighted by Crippen LogP contribution is 2.18. The second-order valence-corrected chi connectivity index (χ2v) is 4.52. The second kappa shape index (κ2) is 4.77. The smallest absolute Gasteiger partial charge is 0.309 e. The van der Waals surface area contributed by atoms with E-state index in [4.69, 9.17) is 0 Å². The second-order valence-electron chi connectivity index (χ2n) is 3.27. The Bertz CT molecular complexity index is 335. The molecule has 0 N–H and O–H groups in total. The van der Waals surface area contributed by atoms with Crippen LogP contribution >= 0.6 is 22.6 Å². The van der Waals surface area contributed by atoms with E-state index >= 15 is 0 Å². The molecular weight excluding hydrogens is 291 g/mol. The van der Waals surface area contributed by atoms with Crippen molar-refractivity contribution in [2.45, 2.75) is 20.3 Å². The number of benzene rings is 1. The summed E-state index contributed by atoms with van der Waals surface area (Å²) in [5.74, 6) is -0.183. The van der Waals surface area contributed by atoms with Gasteiger partial charge in [-0.05, 0) is 65.3 Å². The minimum Gasteiger partial charge on any atom is -0.469 e. The van der Waals surface area contributed by atoms with Gasteiger partial charge in [-0.1, -0.05) is 0 Å². The molecule has 3 heteroatoms. The van der Waals surface area contributed by atoms with Crippen LogP contribution in [0.2, 0.25) is 0 Å². The zero-order chi connectivity index (χ0) is 10.7. The quantitative estimate of drug-likeness (QED) is 0.620. The third-order valence-corrected chi connectivity index (χ3v) is 2.83. The van der Waals surface area contributed by atoms with Crippen molar-refractivity contribution >= 4 is 28.6 Å². The van der Waals surface area contributed by atoms with Crippen LogP contribution in [0, 0.1) is 17.4 Å². The highest BCUT2D eigenvalue weighted by molar-refractivity contribution is 14.1. The molecule has 0 saturated carbocycles. The third-order valence-electron chi connectivity index (χ3n) is 2.21. The molecule has 14 heavy (non-hydrogen) atoms. The largest absolute Gasteiger partial charge is 0.469 e. The van der Waals surface area contributed by atoms with Crippen LogP contribution in [-0.2, 0) is 16.0 Å². The van der Waals surface area contributed by atoms with E-state index < -0.39 is 0 Å². The number of rotatable bonds is 2. The zero-order valence-electron chi connectivity index (χ0n) is 8.56. The number of hydrogen-bond donors (Lipinski definition) is 0. The summed E-state index contributed by atoms with van der Waals surface area (Å²) in [5, 5.41) is 0. The minimum atomic E-state index is -0.183. The number of carbonyl (C=O) groups excluding carboxylic acids is 1. The fraction of sp³-hybridized carbons (Fsp3) is 0.364. The molecule has 0 aromatic heterocycles. The molecule has 76 valence electrons. The van der Waals surface area contributed by atoms with E-state index in [1.807, 2.05) is 13.8 Å². The molecule has 1 rings (SSSR count). The van der Waals surface area contributed by atoms with Crippen LogP contribution in [0.4, 0.5) is 0 Å². The van der Waals surface area contributed by atoms with Crippen LogP contribution in [0.1, 0.15) is 16.7 Å². The predicted molar refractivity (Wildman–Crippen MR) is 64.4 cm³/mol. The molecule has 0 heterocycles. The molecule has 0 aliphatic heterocycles. The number of aryl methyl sites for hydroxylation is 2. The lowest BCUT2D eigenvalue weighted by Crippen LogP contribution is -2.07. The summed E-state index contributed by atoms with van der Waals surface area (Å²) in [4.78, 5) is 11.1. The molecule has 1 aromatic rings. The van der Waals surface area contributed by atoms with Gasteiger partial charge in [0, 0.05) is 3.57 Å². The maximum atomic E-state index is 11.1. The van der Waals surface area contributed by atoms with Crippen LogP contribution in [0.15, 0.2) is 12.1 Å². The Labute approximate surface area is 97.8 Å². The predicted octanol–water partition coefficient (Wildman–Crippen LogP) is 2.62. The first-order valence-corrected chi connectivity index (χ1v) is 5.45. The Morgan fingerprint density at radius 1 is 1.36 bits per heavy atom. The maximum absolute atomic E-state index is 11.1. The normalized spacial score (nSPS) is 10.0. The van der Waals surface area contributed by atoms with E-state index in [-0.39, 0.29) is 5.97 Å². The maximum Gasteiger partial charge on any atom is 0.309 e. The van der Waals surface area contributed by atoms with Crippen LogP contribution in [0.25, 0.3) is 0 Å². The molecule has 0 saturated heterocycles. The van der Waals surface area contributed by atoms with Crippen LogP contribution < -0.4 is 0 Å². The average molecular weight is 304 g/mol. The van der Waals surface area contributed by atoms with E-state index in [2.05, 4.69) is 39.5 Å². The molecule has 0 atom stereocenters. The van der Waals surface area contributed by atoms with E-state index in [1.54, 1.807) is 0 Å². The summed E-state index contributed by atoms with van der Waals surface area (Å²) in [6.45, 7) is 4.04. The molecule has 0 bridgehead atoms. The number of carbonyl (C=O) groups is 1. The standard InChI is InChI=1S/C11H13IO2/c1-7-4-9(12)5-8(2)10(7)6-11(13)14-3/h4-5H,6H2,1-3H3. The summed E-state index contributed by atoms with van der Waals surface area (Å²) in [6.07, 6.45) is 0.366. The van der Waals surface area contributed by atoms with Crippen molar-refractivity contribution in [1.82, 2.24) is 0 Å². The molecule has 2 nitrogen and oxygen atoms in total. The molecule has 0 radical (unpaired) electrons. The minimum absolute atomic E-state index is 0.183. The Morgan fingerprint density at radius 2 is 1.86 bits per heavy atom. The summed E-state index contributed by atoms with van der Waals surface area (Å²) < 4.78 is 5.85. The Balaban J connectivity index is 3.02. The van der Waals surface area contributed by atoms with Crippen molar-refractivity contribution < 1.29 is 9.53 Å². The number of ether oxygens (including phenoxy) is 1. The number of methoxy groups -OCH3 is 1. The highest BCUT2D eigenvalue weighted by atomic mass is 127. The van der Waals surface area contributed by atoms with E-state index in [0.717, 1.165) is 16.7 Å². The highest BCUT2D eigenvalue weighted by Gasteiger charge is 2.09. The molecule has 0 aliphatic carbocycles. The van der Waals surface area contributed by atoms with Gasteiger partial charge in [-0.25, -0.2) is 0 Å². The van der Waals surface area contributed by atoms with Crippen LogP contribution in [-0.4, -0.2) is 13.1 Å². The van der Waals surface area contributed by atoms with Crippen molar-refractivity contribution in [3.05, 3.63) is 32.4 Å². The topological polar surface area (TPSA) is 26.3 Å². The van der Waals surface area contributed by atoms with Gasteiger partial charge in [-0.3, -0.25) is 4.79 Å². The lowest BCUT2D eigenvalue weighted by molar-refractivity contribution is -0.139. The van der Waals surface area contributed by atoms with Gasteiger partial charge in [0.25, 0.3) is 0 Å². The lowest BCUT2D eigenvalue weighted by Gasteiger charge is -2.09. The van der Waals surface area contributed by atoms with E-state index in [0.29, 0.717) is 6.42 Å². The number of esters is 1. The fourth-order valence-electron chi connectivity index (χ4n) is 1.44. The van der Waals surface area contributed by atoms with Crippen molar-refractivity contribution in [3.8, 4) is 0 Å². The first-order valence-electron chi connectivity index (χ1n) is 4.37. The summed E-state index contributed by atoms with van der Waals surface area (Å²) in [7, 11) is 1.42. The van der Waals surface area contributed by atoms with Gasteiger partial charge in [-0.15, -0.1) is 0 Å². The molecule has 0 spiro atoms. The Kier molecular flexibility index (Phi) is 3.92. The van der Waals surface area contributed by atoms with Crippen LogP contribution in [0.3, 0.4) is 0 Å². The molecular formula is C11H13IO2. The monoisotopic (exact) mass is 304 g/mol. The van der Waals surface area contributed by atoms with Crippen molar-refractivity contribution in [3.63, 3.8) is 0 Å². The molecule has 0 amide bonds. The lowest BCUT2D eigenvalue weighted by atomic mass is 10.0. The van der Waals surface area contributed by atoms with Crippen molar-refractivity contribution in [2.75, 3.05) is 7.11 Å². The third kappa shape index (κ3) is 2.70. The summed E-state index contributed by atoms with van der Waals surface area (Å²) in [6, 6.07) is 4.15. The molecule has 0 aliphatic rings. The Morgan fingerprint density at radius 3 is 2.29 bits per heavy atom. The first kappa shape index (κ1) is 11.5. The van der Waals surface area contributed by atoms with E-state index in [1.165, 1.54) is 10.7 Å². The average Bonchev–Trinajstić information content (AvgIpc) is 2.10. The van der Waals surface area contributed by atoms with Gasteiger partial charge < -0.3 is 4.74 Å². The zero-order valence-corrected chi connectivity index (χ0v) is 10.7. The van der Waals surface area contributed by atoms with Crippen molar-refractivity contribution in [1.29, 1.82) is 0 Å². The van der Waals surface area contributed by atoms with Gasteiger partial charge in [0.2, 0.25) is 0 Å². The molecule has 0 unspecified atom stereocenters. The van der Waals surface area contributed by atoms with Gasteiger partial charge in [0.1, 0.15) is 0 Å². The van der Waals surface area contributed by atoms with E-state index in [9.17, 15) is 4.79 Å². The van der Waals surface area contributed by atoms with Gasteiger partial charge >= 0.3 is 5.97 Å². The Hall–Kier alpha value is -0.580. The van der Waals surface area contributed by atoms with Crippen LogP contribution in [0.5, 0.6) is 0 Å². The fourth-order valence-corrected chi connectivity index (χ4v) is 2.37. The van der Waals surface area contributed by atoms with Crippen molar-refractivity contribution in [2.24, 2.45) is 0 Å². The number of halogens is 1. The summed E-state index contributed by atoms with van der Waals surface area (Å²) >= 11 is 2.27. The summed E-state index contributed by atoms with van der Waals surface area (Å²) in [5.41, 5.74) is 3.39. The molecule has 1 aromatic carbocycles. The van der Waals surface area contributed by atoms with Gasteiger partial charge in [-0.2, -0.15) is 0 Å². The number of hydrogen-bond acceptors (Lipinski definition) is 2.